The molecule has 0 radical (unpaired) electrons. The number of fused-ring (bicyclic) bond motifs is 1. The zero-order chi connectivity index (χ0) is 16.4. The molecule has 3 aromatic rings. The molecule has 0 aliphatic heterocycles. The van der Waals surface area contributed by atoms with Gasteiger partial charge < -0.3 is 4.74 Å². The van der Waals surface area contributed by atoms with Crippen molar-refractivity contribution in [3.63, 3.8) is 0 Å². The highest BCUT2D eigenvalue weighted by Gasteiger charge is 2.14. The summed E-state index contributed by atoms with van der Waals surface area (Å²) < 4.78 is 7.44. The molecule has 3 rings (SSSR count). The highest BCUT2D eigenvalue weighted by Crippen LogP contribution is 2.30. The van der Waals surface area contributed by atoms with Crippen LogP contribution in [0.2, 0.25) is 0 Å². The predicted molar refractivity (Wildman–Crippen MR) is 103 cm³/mol. The predicted octanol–water partition coefficient (Wildman–Crippen LogP) is 4.86. The van der Waals surface area contributed by atoms with Crippen LogP contribution in [0.25, 0.3) is 10.2 Å². The molecule has 0 saturated carbocycles. The van der Waals surface area contributed by atoms with Crippen LogP contribution in [0.15, 0.2) is 36.4 Å². The number of nitrogens with zero attached hydrogens (tertiary/aromatic N) is 1. The largest absolute Gasteiger partial charge is 0.494 e. The summed E-state index contributed by atoms with van der Waals surface area (Å²) in [5, 5.41) is 3.48. The standard InChI is InChI=1S/C17H15IN2O2S/c1-3-22-11-7-8-13-14(9-11)23-17(19-13)20-16(21)12-6-4-5-10(2)15(12)18/h4-9H,3H2,1-2H3,(H,19,20,21). The Morgan fingerprint density at radius 2 is 2.17 bits per heavy atom. The number of ether oxygens (including phenoxy) is 1. The number of aryl methyl sites for hydroxylation is 1. The van der Waals surface area contributed by atoms with E-state index >= 15 is 0 Å². The van der Waals surface area contributed by atoms with Gasteiger partial charge in [0.1, 0.15) is 5.75 Å². The molecule has 0 unspecified atom stereocenters. The summed E-state index contributed by atoms with van der Waals surface area (Å²) in [6.07, 6.45) is 0. The van der Waals surface area contributed by atoms with Gasteiger partial charge in [0.25, 0.3) is 5.91 Å². The highest BCUT2D eigenvalue weighted by molar-refractivity contribution is 14.1. The van der Waals surface area contributed by atoms with Crippen molar-refractivity contribution in [2.24, 2.45) is 0 Å². The molecule has 0 atom stereocenters. The fourth-order valence-electron chi connectivity index (χ4n) is 2.20. The summed E-state index contributed by atoms with van der Waals surface area (Å²) >= 11 is 3.64. The number of amides is 1. The summed E-state index contributed by atoms with van der Waals surface area (Å²) in [5.41, 5.74) is 2.61. The van der Waals surface area contributed by atoms with Crippen molar-refractivity contribution in [1.82, 2.24) is 4.98 Å². The molecule has 2 aromatic carbocycles. The molecule has 1 aromatic heterocycles. The Balaban J connectivity index is 1.86. The summed E-state index contributed by atoms with van der Waals surface area (Å²) in [6.45, 7) is 4.57. The fourth-order valence-corrected chi connectivity index (χ4v) is 3.70. The van der Waals surface area contributed by atoms with Gasteiger partial charge in [-0.05, 0) is 66.3 Å². The van der Waals surface area contributed by atoms with Gasteiger partial charge in [-0.2, -0.15) is 0 Å². The number of carbonyl (C=O) groups excluding carboxylic acids is 1. The second kappa shape index (κ2) is 6.84. The third-order valence-electron chi connectivity index (χ3n) is 3.33. The van der Waals surface area contributed by atoms with Crippen molar-refractivity contribution in [3.8, 4) is 5.75 Å². The lowest BCUT2D eigenvalue weighted by Crippen LogP contribution is -2.13. The maximum absolute atomic E-state index is 12.5. The van der Waals surface area contributed by atoms with Gasteiger partial charge in [0.05, 0.1) is 22.4 Å². The second-order valence-electron chi connectivity index (χ2n) is 4.97. The number of hydrogen-bond donors (Lipinski definition) is 1. The quantitative estimate of drug-likeness (QED) is 0.592. The van der Waals surface area contributed by atoms with Gasteiger partial charge in [-0.3, -0.25) is 10.1 Å². The van der Waals surface area contributed by atoms with Gasteiger partial charge in [-0.1, -0.05) is 23.5 Å². The maximum Gasteiger partial charge on any atom is 0.258 e. The number of thiazole rings is 1. The zero-order valence-corrected chi connectivity index (χ0v) is 15.7. The minimum atomic E-state index is -0.137. The molecule has 0 saturated heterocycles. The van der Waals surface area contributed by atoms with E-state index in [2.05, 4.69) is 32.9 Å². The number of anilines is 1. The SMILES string of the molecule is CCOc1ccc2nc(NC(=O)c3cccc(C)c3I)sc2c1. The van der Waals surface area contributed by atoms with E-state index in [9.17, 15) is 4.79 Å². The van der Waals surface area contributed by atoms with Crippen LogP contribution in [0.4, 0.5) is 5.13 Å². The van der Waals surface area contributed by atoms with Crippen LogP contribution in [0.5, 0.6) is 5.75 Å². The first-order chi connectivity index (χ1) is 11.1. The molecule has 23 heavy (non-hydrogen) atoms. The molecule has 1 heterocycles. The average Bonchev–Trinajstić information content (AvgIpc) is 2.91. The minimum Gasteiger partial charge on any atom is -0.494 e. The number of aromatic nitrogens is 1. The number of benzene rings is 2. The molecule has 1 amide bonds. The van der Waals surface area contributed by atoms with E-state index in [1.54, 1.807) is 0 Å². The van der Waals surface area contributed by atoms with Crippen LogP contribution in [0, 0.1) is 10.5 Å². The first-order valence-electron chi connectivity index (χ1n) is 7.18. The van der Waals surface area contributed by atoms with Crippen molar-refractivity contribution >= 4 is 55.2 Å². The Hall–Kier alpha value is -1.67. The third-order valence-corrected chi connectivity index (χ3v) is 5.69. The van der Waals surface area contributed by atoms with Crippen molar-refractivity contribution < 1.29 is 9.53 Å². The Morgan fingerprint density at radius 1 is 1.35 bits per heavy atom. The molecule has 4 nitrogen and oxygen atoms in total. The Labute approximate surface area is 152 Å². The van der Waals surface area contributed by atoms with Crippen molar-refractivity contribution in [3.05, 3.63) is 51.1 Å². The minimum absolute atomic E-state index is 0.137. The van der Waals surface area contributed by atoms with E-state index in [0.717, 1.165) is 25.1 Å². The highest BCUT2D eigenvalue weighted by atomic mass is 127. The van der Waals surface area contributed by atoms with E-state index in [4.69, 9.17) is 4.74 Å². The number of nitrogens with one attached hydrogen (secondary N) is 1. The van der Waals surface area contributed by atoms with E-state index in [0.29, 0.717) is 17.3 Å². The molecular formula is C17H15IN2O2S. The van der Waals surface area contributed by atoms with E-state index in [1.807, 2.05) is 50.2 Å². The summed E-state index contributed by atoms with van der Waals surface area (Å²) in [7, 11) is 0. The van der Waals surface area contributed by atoms with Gasteiger partial charge in [0.15, 0.2) is 5.13 Å². The van der Waals surface area contributed by atoms with E-state index < -0.39 is 0 Å². The van der Waals surface area contributed by atoms with Crippen molar-refractivity contribution in [2.45, 2.75) is 13.8 Å². The van der Waals surface area contributed by atoms with Crippen molar-refractivity contribution in [2.75, 3.05) is 11.9 Å². The lowest BCUT2D eigenvalue weighted by Gasteiger charge is -2.06. The van der Waals surface area contributed by atoms with Crippen LogP contribution in [-0.4, -0.2) is 17.5 Å². The number of rotatable bonds is 4. The molecular weight excluding hydrogens is 423 g/mol. The molecule has 0 bridgehead atoms. The van der Waals surface area contributed by atoms with Gasteiger partial charge in [0, 0.05) is 3.57 Å². The zero-order valence-electron chi connectivity index (χ0n) is 12.7. The van der Waals surface area contributed by atoms with E-state index in [-0.39, 0.29) is 5.91 Å². The monoisotopic (exact) mass is 438 g/mol. The van der Waals surface area contributed by atoms with Gasteiger partial charge in [-0.25, -0.2) is 4.98 Å². The van der Waals surface area contributed by atoms with Crippen LogP contribution >= 0.6 is 33.9 Å². The first kappa shape index (κ1) is 16.2. The Bertz CT molecular complexity index is 876. The molecule has 0 fully saturated rings. The first-order valence-corrected chi connectivity index (χ1v) is 9.08. The van der Waals surface area contributed by atoms with Crippen molar-refractivity contribution in [1.29, 1.82) is 0 Å². The lowest BCUT2D eigenvalue weighted by atomic mass is 10.1. The molecule has 6 heteroatoms. The molecule has 118 valence electrons. The fraction of sp³-hybridized carbons (Fsp3) is 0.176. The van der Waals surface area contributed by atoms with Crippen LogP contribution in [0.3, 0.4) is 0 Å². The van der Waals surface area contributed by atoms with Gasteiger partial charge >= 0.3 is 0 Å². The smallest absolute Gasteiger partial charge is 0.258 e. The average molecular weight is 438 g/mol. The van der Waals surface area contributed by atoms with Crippen LogP contribution in [0.1, 0.15) is 22.8 Å². The van der Waals surface area contributed by atoms with Crippen LogP contribution in [-0.2, 0) is 0 Å². The lowest BCUT2D eigenvalue weighted by molar-refractivity contribution is 0.102. The number of hydrogen-bond acceptors (Lipinski definition) is 4. The molecule has 1 N–H and O–H groups in total. The summed E-state index contributed by atoms with van der Waals surface area (Å²) in [5.74, 6) is 0.678. The normalized spacial score (nSPS) is 10.7. The molecule has 0 aliphatic rings. The Morgan fingerprint density at radius 3 is 2.96 bits per heavy atom. The van der Waals surface area contributed by atoms with Gasteiger partial charge in [-0.15, -0.1) is 0 Å². The number of halogens is 1. The van der Waals surface area contributed by atoms with E-state index in [1.165, 1.54) is 11.3 Å². The van der Waals surface area contributed by atoms with Gasteiger partial charge in [0.2, 0.25) is 0 Å². The third kappa shape index (κ3) is 3.48. The molecule has 0 spiro atoms. The number of carbonyl (C=O) groups is 1. The second-order valence-corrected chi connectivity index (χ2v) is 7.08. The summed E-state index contributed by atoms with van der Waals surface area (Å²) in [4.78, 5) is 16.9. The maximum atomic E-state index is 12.5. The summed E-state index contributed by atoms with van der Waals surface area (Å²) in [6, 6.07) is 11.4. The Kier molecular flexibility index (Phi) is 4.82. The topological polar surface area (TPSA) is 51.2 Å². The molecule has 0 aliphatic carbocycles. The van der Waals surface area contributed by atoms with Crippen LogP contribution < -0.4 is 10.1 Å².